The average Bonchev–Trinajstić information content (AvgIpc) is 1.70. The van der Waals surface area contributed by atoms with Gasteiger partial charge in [-0.15, -0.1) is 0 Å². The third-order valence-corrected chi connectivity index (χ3v) is 26.1. The minimum atomic E-state index is -1.07. The first-order valence-electron chi connectivity index (χ1n) is 40.4. The van der Waals surface area contributed by atoms with E-state index in [-0.39, 0.29) is 120 Å². The van der Waals surface area contributed by atoms with Crippen molar-refractivity contribution in [2.75, 3.05) is 0 Å². The summed E-state index contributed by atoms with van der Waals surface area (Å²) >= 11 is 0. The number of ether oxygens (including phenoxy) is 8. The summed E-state index contributed by atoms with van der Waals surface area (Å²) in [6.45, 7) is 28.9. The zero-order chi connectivity index (χ0) is 70.9. The third kappa shape index (κ3) is 22.3. The Hall–Kier alpha value is -2.44. The minimum Gasteiger partial charge on any atom is -0.459 e. The monoisotopic (exact) mass is 1370 g/mol. The van der Waals surface area contributed by atoms with Crippen LogP contribution < -0.4 is 0 Å². The van der Waals surface area contributed by atoms with Crippen LogP contribution in [-0.2, 0) is 57.1 Å². The number of esters is 4. The van der Waals surface area contributed by atoms with Crippen molar-refractivity contribution in [1.82, 2.24) is 0 Å². The third-order valence-electron chi connectivity index (χ3n) is 26.1. The maximum absolute atomic E-state index is 12.8. The highest BCUT2D eigenvalue weighted by atomic mass is 16.6. The molecule has 16 heteroatoms. The van der Waals surface area contributed by atoms with Gasteiger partial charge in [0.1, 0.15) is 22.4 Å². The molecule has 0 aromatic rings. The topological polar surface area (TPSA) is 223 Å². The lowest BCUT2D eigenvalue weighted by atomic mass is 9.79. The molecule has 0 aromatic heterocycles. The highest BCUT2D eigenvalue weighted by Gasteiger charge is 2.52. The van der Waals surface area contributed by atoms with E-state index in [1.54, 1.807) is 13.8 Å². The van der Waals surface area contributed by atoms with Gasteiger partial charge >= 0.3 is 23.9 Å². The summed E-state index contributed by atoms with van der Waals surface area (Å²) < 4.78 is 47.7. The summed E-state index contributed by atoms with van der Waals surface area (Å²) in [5.41, 5.74) is -3.20. The molecule has 4 saturated heterocycles. The Morgan fingerprint density at radius 2 is 1.01 bits per heavy atom. The average molecular weight is 1370 g/mol. The standard InChI is InChI=1S/C23H40O4.C20H34O4.C20H36O4.C18H32O4/c1-4-19-14-17(20(5-2)26-19)15-22(3,25)16-21(24)27-23(12-8-9-13-23)18-10-6-7-11-18;1-4-17-10-14(18(5-2)23-17)9-16(21)11-19(22)24-20(3)12-13-6-7-15(20)8-13;1-6-15-12-16(17(7-2)23-15)19(5,22)13-18(21)24-20(14(3)4)10-8-9-11-20;1-4-13-11-14(16(5-2)21-13)15(19)12-17(20)22-18(6-3)9-7-8-10-18/h17-20,25H,4-16H2,1-3H3;13-18,21H,4-12H2,1-3H3;14-17,22H,6-13H2,1-5H3;13-16,19H,4-12H2,1-3H3. The van der Waals surface area contributed by atoms with Gasteiger partial charge in [0.15, 0.2) is 0 Å². The van der Waals surface area contributed by atoms with Gasteiger partial charge in [0.05, 0.1) is 97.9 Å². The molecule has 97 heavy (non-hydrogen) atoms. The molecule has 4 heterocycles. The van der Waals surface area contributed by atoms with E-state index in [2.05, 4.69) is 83.1 Å². The van der Waals surface area contributed by atoms with Crippen LogP contribution in [0.1, 0.15) is 347 Å². The molecule has 0 amide bonds. The second-order valence-electron chi connectivity index (χ2n) is 33.7. The molecule has 16 nitrogen and oxygen atoms in total. The van der Waals surface area contributed by atoms with Gasteiger partial charge in [0.2, 0.25) is 0 Å². The number of fused-ring (bicyclic) bond motifs is 2. The second kappa shape index (κ2) is 37.3. The van der Waals surface area contributed by atoms with E-state index in [0.717, 1.165) is 173 Å². The van der Waals surface area contributed by atoms with E-state index in [4.69, 9.17) is 37.9 Å². The molecule has 4 N–H and O–H groups in total. The summed E-state index contributed by atoms with van der Waals surface area (Å²) in [6, 6.07) is 0. The number of carbonyl (C=O) groups excluding carboxylic acids is 4. The molecule has 10 aliphatic rings. The normalized spacial score (nSPS) is 35.0. The summed E-state index contributed by atoms with van der Waals surface area (Å²) in [6.07, 6.45) is 36.4. The Labute approximate surface area is 588 Å². The number of aliphatic hydroxyl groups is 4. The molecule has 2 bridgehead atoms. The molecular weight excluding hydrogens is 1230 g/mol. The highest BCUT2D eigenvalue weighted by Crippen LogP contribution is 2.53. The molecule has 19 unspecified atom stereocenters. The summed E-state index contributed by atoms with van der Waals surface area (Å²) in [7, 11) is 0. The van der Waals surface area contributed by atoms with Crippen LogP contribution in [0.25, 0.3) is 0 Å². The van der Waals surface area contributed by atoms with Crippen LogP contribution in [0.2, 0.25) is 0 Å². The zero-order valence-corrected chi connectivity index (χ0v) is 63.7. The lowest BCUT2D eigenvalue weighted by Gasteiger charge is -2.36. The Kier molecular flexibility index (Phi) is 31.5. The van der Waals surface area contributed by atoms with Gasteiger partial charge in [0, 0.05) is 11.8 Å². The van der Waals surface area contributed by atoms with Crippen molar-refractivity contribution in [3.8, 4) is 0 Å². The fraction of sp³-hybridized carbons (Fsp3) is 0.951. The van der Waals surface area contributed by atoms with Gasteiger partial charge in [-0.3, -0.25) is 19.2 Å². The Morgan fingerprint density at radius 1 is 0.505 bits per heavy atom. The SMILES string of the molecule is CCC1CC(C(C)(O)CC(=O)OC2(C(C)C)CCCC2)C(CC)O1.CCC1CC(C(O)CC(=O)OC2(CC)CCCC2)C(CC)O1.CCC1CC(CC(C)(O)CC(=O)OC2(C3CCCC3)CCCC2)C(CC)O1.CCC1CC(CC(O)CC(=O)OC2(C)CC3CCC2C3)C(CC)O1. The quantitative estimate of drug-likeness (QED) is 0.0404. The van der Waals surface area contributed by atoms with E-state index in [1.807, 2.05) is 0 Å². The van der Waals surface area contributed by atoms with Crippen molar-refractivity contribution in [1.29, 1.82) is 0 Å². The van der Waals surface area contributed by atoms with Crippen molar-refractivity contribution in [3.63, 3.8) is 0 Å². The lowest BCUT2D eigenvalue weighted by Crippen LogP contribution is -2.44. The fourth-order valence-corrected chi connectivity index (χ4v) is 20.2. The van der Waals surface area contributed by atoms with E-state index >= 15 is 0 Å². The molecule has 562 valence electrons. The van der Waals surface area contributed by atoms with E-state index < -0.39 is 23.4 Å². The Morgan fingerprint density at radius 3 is 1.55 bits per heavy atom. The predicted octanol–water partition coefficient (Wildman–Crippen LogP) is 16.8. The molecule has 10 rings (SSSR count). The highest BCUT2D eigenvalue weighted by molar-refractivity contribution is 5.72. The molecule has 19 atom stereocenters. The van der Waals surface area contributed by atoms with Crippen molar-refractivity contribution in [2.45, 2.75) is 442 Å². The summed E-state index contributed by atoms with van der Waals surface area (Å²) in [4.78, 5) is 50.0. The van der Waals surface area contributed by atoms with Gasteiger partial charge in [-0.05, 0) is 268 Å². The number of hydrogen-bond acceptors (Lipinski definition) is 16. The molecule has 4 aliphatic heterocycles. The van der Waals surface area contributed by atoms with E-state index in [0.29, 0.717) is 54.6 Å². The maximum atomic E-state index is 12.8. The first kappa shape index (κ1) is 81.9. The lowest BCUT2D eigenvalue weighted by molar-refractivity contribution is -0.172. The molecular formula is C81H142O16. The molecule has 6 saturated carbocycles. The van der Waals surface area contributed by atoms with Crippen LogP contribution in [0.15, 0.2) is 0 Å². The fourth-order valence-electron chi connectivity index (χ4n) is 20.2. The number of aliphatic hydroxyl groups excluding tert-OH is 2. The van der Waals surface area contributed by atoms with Gasteiger partial charge < -0.3 is 58.3 Å². The van der Waals surface area contributed by atoms with E-state index in [9.17, 15) is 39.6 Å². The van der Waals surface area contributed by atoms with Crippen LogP contribution in [0.4, 0.5) is 0 Å². The van der Waals surface area contributed by atoms with Crippen LogP contribution >= 0.6 is 0 Å². The largest absolute Gasteiger partial charge is 0.459 e. The number of hydrogen-bond donors (Lipinski definition) is 4. The van der Waals surface area contributed by atoms with E-state index in [1.165, 1.54) is 44.9 Å². The molecule has 0 aromatic carbocycles. The molecule has 6 aliphatic carbocycles. The maximum Gasteiger partial charge on any atom is 0.309 e. The van der Waals surface area contributed by atoms with Crippen LogP contribution in [0, 0.1) is 47.3 Å². The summed E-state index contributed by atoms with van der Waals surface area (Å²) in [5.74, 6) is 1.94. The van der Waals surface area contributed by atoms with Crippen molar-refractivity contribution in [3.05, 3.63) is 0 Å². The van der Waals surface area contributed by atoms with Crippen LogP contribution in [0.5, 0.6) is 0 Å². The molecule has 10 fully saturated rings. The smallest absolute Gasteiger partial charge is 0.309 e. The van der Waals surface area contributed by atoms with Gasteiger partial charge in [-0.1, -0.05) is 89.0 Å². The summed E-state index contributed by atoms with van der Waals surface area (Å²) in [5, 5.41) is 42.9. The predicted molar refractivity (Wildman–Crippen MR) is 379 cm³/mol. The van der Waals surface area contributed by atoms with Crippen LogP contribution in [-0.4, -0.2) is 139 Å². The van der Waals surface area contributed by atoms with Crippen molar-refractivity contribution < 1.29 is 77.5 Å². The molecule has 0 radical (unpaired) electrons. The Bertz CT molecular complexity index is 2370. The van der Waals surface area contributed by atoms with Crippen molar-refractivity contribution >= 4 is 23.9 Å². The molecule has 0 spiro atoms. The number of rotatable bonds is 29. The first-order chi connectivity index (χ1) is 46.1. The van der Waals surface area contributed by atoms with Gasteiger partial charge in [-0.25, -0.2) is 0 Å². The Balaban J connectivity index is 0.000000183. The number of carbonyl (C=O) groups is 4. The minimum absolute atomic E-state index is 0.00132. The first-order valence-corrected chi connectivity index (χ1v) is 40.4. The zero-order valence-electron chi connectivity index (χ0n) is 63.7. The van der Waals surface area contributed by atoms with Gasteiger partial charge in [0.25, 0.3) is 0 Å². The van der Waals surface area contributed by atoms with Crippen molar-refractivity contribution in [2.24, 2.45) is 47.3 Å². The van der Waals surface area contributed by atoms with Gasteiger partial charge in [-0.2, -0.15) is 0 Å². The second-order valence-corrected chi connectivity index (χ2v) is 33.7. The van der Waals surface area contributed by atoms with Crippen LogP contribution in [0.3, 0.4) is 0 Å².